The van der Waals surface area contributed by atoms with Crippen LogP contribution in [-0.4, -0.2) is 34.0 Å². The van der Waals surface area contributed by atoms with E-state index in [0.717, 1.165) is 11.1 Å². The maximum absolute atomic E-state index is 13.6. The predicted octanol–water partition coefficient (Wildman–Crippen LogP) is 4.10. The van der Waals surface area contributed by atoms with Gasteiger partial charge in [0.1, 0.15) is 5.82 Å². The fourth-order valence-electron chi connectivity index (χ4n) is 3.52. The fraction of sp³-hybridized carbons (Fsp3) is 0.182. The molecule has 1 aliphatic heterocycles. The molecule has 1 aliphatic rings. The molecule has 1 atom stereocenters. The highest BCUT2D eigenvalue weighted by Crippen LogP contribution is 2.38. The molecule has 0 spiro atoms. The summed E-state index contributed by atoms with van der Waals surface area (Å²) in [5, 5.41) is 0. The lowest BCUT2D eigenvalue weighted by Crippen LogP contribution is -2.46. The Bertz CT molecular complexity index is 1050. The number of ether oxygens (including phenoxy) is 1. The van der Waals surface area contributed by atoms with Crippen molar-refractivity contribution in [3.8, 4) is 0 Å². The van der Waals surface area contributed by atoms with Gasteiger partial charge in [-0.2, -0.15) is 0 Å². The summed E-state index contributed by atoms with van der Waals surface area (Å²) in [7, 11) is 1.32. The second kappa shape index (κ2) is 7.71. The van der Waals surface area contributed by atoms with Crippen LogP contribution in [0.15, 0.2) is 67.1 Å². The van der Waals surface area contributed by atoms with E-state index in [1.54, 1.807) is 47.8 Å². The molecule has 4 rings (SSSR count). The molecule has 0 saturated carbocycles. The van der Waals surface area contributed by atoms with E-state index in [0.29, 0.717) is 23.6 Å². The molecule has 7 nitrogen and oxygen atoms in total. The Morgan fingerprint density at radius 3 is 2.59 bits per heavy atom. The van der Waals surface area contributed by atoms with Gasteiger partial charge in [0.2, 0.25) is 0 Å². The molecule has 0 N–H and O–H groups in total. The summed E-state index contributed by atoms with van der Waals surface area (Å²) in [6.45, 7) is 2.39. The highest BCUT2D eigenvalue weighted by atomic mass is 16.5. The van der Waals surface area contributed by atoms with Crippen molar-refractivity contribution >= 4 is 23.5 Å². The van der Waals surface area contributed by atoms with Gasteiger partial charge < -0.3 is 9.64 Å². The number of aromatic nitrogens is 2. The van der Waals surface area contributed by atoms with Crippen LogP contribution in [0.2, 0.25) is 0 Å². The number of carbonyl (C=O) groups excluding carboxylic acids is 2. The molecule has 0 aliphatic carbocycles. The summed E-state index contributed by atoms with van der Waals surface area (Å²) in [5.41, 5.74) is 2.61. The molecule has 0 bridgehead atoms. The van der Waals surface area contributed by atoms with Gasteiger partial charge in [0.25, 0.3) is 0 Å². The van der Waals surface area contributed by atoms with Crippen molar-refractivity contribution in [2.45, 2.75) is 19.5 Å². The van der Waals surface area contributed by atoms with E-state index in [4.69, 9.17) is 4.74 Å². The van der Waals surface area contributed by atoms with Gasteiger partial charge in [-0.05, 0) is 42.8 Å². The smallest absolute Gasteiger partial charge is 0.339 e. The summed E-state index contributed by atoms with van der Waals surface area (Å²) in [5.74, 6) is 0.0113. The summed E-state index contributed by atoms with van der Waals surface area (Å²) < 4.78 is 4.92. The number of carbonyl (C=O) groups is 2. The summed E-state index contributed by atoms with van der Waals surface area (Å²) in [6.07, 6.45) is 5.06. The molecule has 1 aromatic carbocycles. The van der Waals surface area contributed by atoms with Crippen molar-refractivity contribution in [1.82, 2.24) is 14.9 Å². The minimum Gasteiger partial charge on any atom is -0.465 e. The van der Waals surface area contributed by atoms with Crippen LogP contribution in [0.1, 0.15) is 34.5 Å². The molecule has 0 radical (unpaired) electrons. The second-order valence-corrected chi connectivity index (χ2v) is 6.70. The van der Waals surface area contributed by atoms with Crippen LogP contribution in [0.3, 0.4) is 0 Å². The van der Waals surface area contributed by atoms with Crippen LogP contribution >= 0.6 is 0 Å². The summed E-state index contributed by atoms with van der Waals surface area (Å²) >= 11 is 0. The Labute approximate surface area is 168 Å². The van der Waals surface area contributed by atoms with Crippen LogP contribution in [0.4, 0.5) is 16.3 Å². The van der Waals surface area contributed by atoms with E-state index < -0.39 is 5.97 Å². The molecular formula is C22H20N4O3. The average Bonchev–Trinajstić information content (AvgIpc) is 2.78. The van der Waals surface area contributed by atoms with E-state index in [9.17, 15) is 9.59 Å². The Kier molecular flexibility index (Phi) is 4.95. The number of esters is 1. The highest BCUT2D eigenvalue weighted by molar-refractivity contribution is 6.07. The molecule has 0 fully saturated rings. The molecule has 0 saturated heterocycles. The van der Waals surface area contributed by atoms with Crippen molar-refractivity contribution in [3.05, 3.63) is 83.8 Å². The van der Waals surface area contributed by atoms with Gasteiger partial charge in [0.15, 0.2) is 0 Å². The zero-order valence-electron chi connectivity index (χ0n) is 16.1. The van der Waals surface area contributed by atoms with E-state index in [-0.39, 0.29) is 12.1 Å². The van der Waals surface area contributed by atoms with Crippen molar-refractivity contribution in [3.63, 3.8) is 0 Å². The number of amides is 2. The number of methoxy groups -OCH3 is 1. The number of pyridine rings is 2. The predicted molar refractivity (Wildman–Crippen MR) is 108 cm³/mol. The lowest BCUT2D eigenvalue weighted by atomic mass is 10.0. The third-order valence-corrected chi connectivity index (χ3v) is 5.06. The van der Waals surface area contributed by atoms with Crippen molar-refractivity contribution in [1.29, 1.82) is 0 Å². The van der Waals surface area contributed by atoms with Gasteiger partial charge in [-0.15, -0.1) is 0 Å². The molecule has 3 aromatic rings. The number of hydrogen-bond acceptors (Lipinski definition) is 5. The van der Waals surface area contributed by atoms with Crippen LogP contribution in [0.5, 0.6) is 0 Å². The maximum atomic E-state index is 13.6. The number of benzene rings is 1. The van der Waals surface area contributed by atoms with Gasteiger partial charge in [0, 0.05) is 24.2 Å². The molecule has 2 aromatic heterocycles. The zero-order chi connectivity index (χ0) is 20.4. The fourth-order valence-corrected chi connectivity index (χ4v) is 3.52. The molecule has 29 heavy (non-hydrogen) atoms. The lowest BCUT2D eigenvalue weighted by molar-refractivity contribution is 0.0601. The monoisotopic (exact) mass is 388 g/mol. The number of nitrogens with zero attached hydrogens (tertiary/aromatic N) is 4. The van der Waals surface area contributed by atoms with E-state index in [1.165, 1.54) is 12.0 Å². The minimum atomic E-state index is -0.509. The van der Waals surface area contributed by atoms with Crippen LogP contribution in [0.25, 0.3) is 0 Å². The van der Waals surface area contributed by atoms with Gasteiger partial charge in [-0.1, -0.05) is 18.2 Å². The van der Waals surface area contributed by atoms with Crippen molar-refractivity contribution < 1.29 is 14.3 Å². The Balaban J connectivity index is 1.83. The number of anilines is 2. The molecule has 2 amide bonds. The molecule has 3 heterocycles. The summed E-state index contributed by atoms with van der Waals surface area (Å²) in [4.78, 5) is 37.7. The SMILES string of the molecule is COC(=O)c1ccccc1N1C(=O)N(C(C)c2ccncc2)Cc2cccnc21. The molecule has 1 unspecified atom stereocenters. The van der Waals surface area contributed by atoms with Gasteiger partial charge in [0.05, 0.1) is 30.9 Å². The first-order valence-corrected chi connectivity index (χ1v) is 9.23. The van der Waals surface area contributed by atoms with Crippen LogP contribution in [0, 0.1) is 0 Å². The number of rotatable bonds is 4. The van der Waals surface area contributed by atoms with Gasteiger partial charge in [-0.25, -0.2) is 19.5 Å². The van der Waals surface area contributed by atoms with Crippen LogP contribution in [-0.2, 0) is 11.3 Å². The normalized spacial score (nSPS) is 14.3. The number of urea groups is 1. The Morgan fingerprint density at radius 1 is 1.07 bits per heavy atom. The maximum Gasteiger partial charge on any atom is 0.339 e. The first-order chi connectivity index (χ1) is 14.1. The first kappa shape index (κ1) is 18.6. The third kappa shape index (κ3) is 3.31. The molecular weight excluding hydrogens is 368 g/mol. The highest BCUT2D eigenvalue weighted by Gasteiger charge is 2.37. The minimum absolute atomic E-state index is 0.188. The van der Waals surface area contributed by atoms with Gasteiger partial charge in [-0.3, -0.25) is 4.98 Å². The van der Waals surface area contributed by atoms with Crippen molar-refractivity contribution in [2.24, 2.45) is 0 Å². The number of hydrogen-bond donors (Lipinski definition) is 0. The zero-order valence-corrected chi connectivity index (χ0v) is 16.1. The summed E-state index contributed by atoms with van der Waals surface area (Å²) in [6, 6.07) is 14.0. The lowest BCUT2D eigenvalue weighted by Gasteiger charge is -2.39. The molecule has 146 valence electrons. The second-order valence-electron chi connectivity index (χ2n) is 6.70. The van der Waals surface area contributed by atoms with Gasteiger partial charge >= 0.3 is 12.0 Å². The quantitative estimate of drug-likeness (QED) is 0.629. The number of fused-ring (bicyclic) bond motifs is 1. The topological polar surface area (TPSA) is 75.6 Å². The third-order valence-electron chi connectivity index (χ3n) is 5.06. The van der Waals surface area contributed by atoms with Crippen molar-refractivity contribution in [2.75, 3.05) is 12.0 Å². The molecule has 7 heteroatoms. The average molecular weight is 388 g/mol. The van der Waals surface area contributed by atoms with E-state index >= 15 is 0 Å². The standard InChI is InChI=1S/C22H20N4O3/c1-15(16-9-12-23-13-10-16)25-14-17-6-5-11-24-20(17)26(22(25)28)19-8-4-3-7-18(19)21(27)29-2/h3-13,15H,14H2,1-2H3. The largest absolute Gasteiger partial charge is 0.465 e. The Hall–Kier alpha value is -3.74. The van der Waals surface area contributed by atoms with E-state index in [1.807, 2.05) is 31.2 Å². The Morgan fingerprint density at radius 2 is 1.83 bits per heavy atom. The van der Waals surface area contributed by atoms with E-state index in [2.05, 4.69) is 9.97 Å². The van der Waals surface area contributed by atoms with Crippen LogP contribution < -0.4 is 4.90 Å². The number of para-hydroxylation sites is 1. The first-order valence-electron chi connectivity index (χ1n) is 9.23.